The molecule has 2 heterocycles. The summed E-state index contributed by atoms with van der Waals surface area (Å²) in [6.45, 7) is 0.473. The van der Waals surface area contributed by atoms with E-state index in [0.717, 1.165) is 0 Å². The minimum atomic E-state index is -0.437. The van der Waals surface area contributed by atoms with Crippen LogP contribution < -0.4 is 5.32 Å². The predicted octanol–water partition coefficient (Wildman–Crippen LogP) is 1.52. The zero-order valence-electron chi connectivity index (χ0n) is 12.9. The average molecular weight is 330 g/mol. The molecular formula is C15H15FN6O2. The van der Waals surface area contributed by atoms with E-state index in [1.807, 2.05) is 0 Å². The first-order chi connectivity index (χ1) is 11.7. The lowest BCUT2D eigenvalue weighted by molar-refractivity contribution is 0.101. The SMILES string of the molecule is COCn1ccc(C(=O)Nc2ncn(Cc3ccccc3F)n2)n1. The average Bonchev–Trinajstić information content (AvgIpc) is 3.20. The van der Waals surface area contributed by atoms with E-state index in [2.05, 4.69) is 20.5 Å². The van der Waals surface area contributed by atoms with Crippen LogP contribution in [0.1, 0.15) is 16.1 Å². The van der Waals surface area contributed by atoms with Gasteiger partial charge in [0, 0.05) is 18.9 Å². The van der Waals surface area contributed by atoms with Crippen molar-refractivity contribution in [3.8, 4) is 0 Å². The van der Waals surface area contributed by atoms with Gasteiger partial charge >= 0.3 is 0 Å². The van der Waals surface area contributed by atoms with Crippen LogP contribution >= 0.6 is 0 Å². The van der Waals surface area contributed by atoms with Crippen molar-refractivity contribution in [1.29, 1.82) is 0 Å². The van der Waals surface area contributed by atoms with Gasteiger partial charge < -0.3 is 4.74 Å². The van der Waals surface area contributed by atoms with Crippen molar-refractivity contribution in [2.75, 3.05) is 12.4 Å². The number of hydrogen-bond donors (Lipinski definition) is 1. The third kappa shape index (κ3) is 3.63. The van der Waals surface area contributed by atoms with Crippen molar-refractivity contribution in [2.45, 2.75) is 13.3 Å². The molecule has 9 heteroatoms. The van der Waals surface area contributed by atoms with Gasteiger partial charge in [0.1, 0.15) is 18.9 Å². The van der Waals surface area contributed by atoms with Gasteiger partial charge in [-0.25, -0.2) is 18.7 Å². The Hall–Kier alpha value is -3.07. The smallest absolute Gasteiger partial charge is 0.278 e. The van der Waals surface area contributed by atoms with Crippen molar-refractivity contribution in [2.24, 2.45) is 0 Å². The zero-order valence-corrected chi connectivity index (χ0v) is 12.9. The van der Waals surface area contributed by atoms with E-state index >= 15 is 0 Å². The molecule has 0 atom stereocenters. The molecule has 0 aliphatic heterocycles. The zero-order chi connectivity index (χ0) is 16.9. The fourth-order valence-corrected chi connectivity index (χ4v) is 2.08. The van der Waals surface area contributed by atoms with Gasteiger partial charge in [-0.2, -0.15) is 5.10 Å². The fraction of sp³-hybridized carbons (Fsp3) is 0.200. The normalized spacial score (nSPS) is 10.8. The van der Waals surface area contributed by atoms with Crippen LogP contribution in [-0.2, 0) is 18.0 Å². The number of methoxy groups -OCH3 is 1. The number of nitrogens with zero attached hydrogens (tertiary/aromatic N) is 5. The van der Waals surface area contributed by atoms with Crippen LogP contribution in [0.2, 0.25) is 0 Å². The van der Waals surface area contributed by atoms with Crippen molar-refractivity contribution in [1.82, 2.24) is 24.5 Å². The number of nitrogens with one attached hydrogen (secondary N) is 1. The molecule has 24 heavy (non-hydrogen) atoms. The number of carbonyl (C=O) groups excluding carboxylic acids is 1. The number of benzene rings is 1. The topological polar surface area (TPSA) is 86.9 Å². The van der Waals surface area contributed by atoms with Gasteiger partial charge in [0.25, 0.3) is 5.91 Å². The maximum absolute atomic E-state index is 13.6. The van der Waals surface area contributed by atoms with Gasteiger partial charge in [0.15, 0.2) is 5.69 Å². The minimum Gasteiger partial charge on any atom is -0.362 e. The highest BCUT2D eigenvalue weighted by Gasteiger charge is 2.12. The molecule has 0 unspecified atom stereocenters. The molecular weight excluding hydrogens is 315 g/mol. The molecule has 2 aromatic heterocycles. The Kier molecular flexibility index (Phi) is 4.62. The van der Waals surface area contributed by atoms with Crippen LogP contribution in [0.25, 0.3) is 0 Å². The summed E-state index contributed by atoms with van der Waals surface area (Å²) in [6, 6.07) is 7.97. The standard InChI is InChI=1S/C15H15FN6O2/c1-24-10-21-7-6-13(19-21)14(23)18-15-17-9-22(20-15)8-11-4-2-3-5-12(11)16/h2-7,9H,8,10H2,1H3,(H,18,20,23). The quantitative estimate of drug-likeness (QED) is 0.740. The van der Waals surface area contributed by atoms with Gasteiger partial charge in [-0.05, 0) is 12.1 Å². The summed E-state index contributed by atoms with van der Waals surface area (Å²) >= 11 is 0. The highest BCUT2D eigenvalue weighted by Crippen LogP contribution is 2.09. The molecule has 0 saturated heterocycles. The van der Waals surface area contributed by atoms with Crippen LogP contribution in [0.5, 0.6) is 0 Å². The second-order valence-electron chi connectivity index (χ2n) is 4.97. The summed E-state index contributed by atoms with van der Waals surface area (Å²) in [4.78, 5) is 16.1. The molecule has 1 aromatic carbocycles. The first-order valence-electron chi connectivity index (χ1n) is 7.12. The number of carbonyl (C=O) groups is 1. The van der Waals surface area contributed by atoms with Crippen LogP contribution in [0, 0.1) is 5.82 Å². The van der Waals surface area contributed by atoms with Gasteiger partial charge in [-0.1, -0.05) is 18.2 Å². The lowest BCUT2D eigenvalue weighted by atomic mass is 10.2. The Morgan fingerprint density at radius 2 is 2.08 bits per heavy atom. The first-order valence-corrected chi connectivity index (χ1v) is 7.12. The number of amides is 1. The van der Waals surface area contributed by atoms with E-state index in [0.29, 0.717) is 5.56 Å². The molecule has 0 radical (unpaired) electrons. The third-order valence-electron chi connectivity index (χ3n) is 3.19. The van der Waals surface area contributed by atoms with Crippen LogP contribution in [0.4, 0.5) is 10.3 Å². The number of aromatic nitrogens is 5. The Balaban J connectivity index is 1.65. The van der Waals surface area contributed by atoms with Gasteiger partial charge in [0.05, 0.1) is 6.54 Å². The van der Waals surface area contributed by atoms with Gasteiger partial charge in [-0.3, -0.25) is 10.1 Å². The molecule has 8 nitrogen and oxygen atoms in total. The van der Waals surface area contributed by atoms with E-state index in [9.17, 15) is 9.18 Å². The minimum absolute atomic E-state index is 0.123. The van der Waals surface area contributed by atoms with Crippen molar-refractivity contribution < 1.29 is 13.9 Å². The summed E-state index contributed by atoms with van der Waals surface area (Å²) < 4.78 is 21.5. The van der Waals surface area contributed by atoms with Crippen molar-refractivity contribution >= 4 is 11.9 Å². The lowest BCUT2D eigenvalue weighted by Gasteiger charge is -2.02. The maximum atomic E-state index is 13.6. The highest BCUT2D eigenvalue weighted by atomic mass is 19.1. The monoisotopic (exact) mass is 330 g/mol. The number of hydrogen-bond acceptors (Lipinski definition) is 5. The van der Waals surface area contributed by atoms with E-state index in [1.165, 1.54) is 28.9 Å². The maximum Gasteiger partial charge on any atom is 0.278 e. The molecule has 0 bridgehead atoms. The molecule has 3 aromatic rings. The van der Waals surface area contributed by atoms with E-state index < -0.39 is 5.91 Å². The molecule has 0 aliphatic rings. The van der Waals surface area contributed by atoms with E-state index in [1.54, 1.807) is 30.5 Å². The first kappa shape index (κ1) is 15.8. The molecule has 3 rings (SSSR count). The summed E-state index contributed by atoms with van der Waals surface area (Å²) in [6.07, 6.45) is 3.05. The summed E-state index contributed by atoms with van der Waals surface area (Å²) in [5.74, 6) is -0.631. The molecule has 0 spiro atoms. The molecule has 0 aliphatic carbocycles. The van der Waals surface area contributed by atoms with E-state index in [-0.39, 0.29) is 30.7 Å². The van der Waals surface area contributed by atoms with Crippen LogP contribution in [0.15, 0.2) is 42.9 Å². The predicted molar refractivity (Wildman–Crippen MR) is 82.7 cm³/mol. The van der Waals surface area contributed by atoms with Crippen LogP contribution in [0.3, 0.4) is 0 Å². The summed E-state index contributed by atoms with van der Waals surface area (Å²) in [7, 11) is 1.54. The molecule has 1 amide bonds. The Morgan fingerprint density at radius 1 is 1.25 bits per heavy atom. The Labute approximate surface area is 136 Å². The lowest BCUT2D eigenvalue weighted by Crippen LogP contribution is -2.15. The number of ether oxygens (including phenoxy) is 1. The summed E-state index contributed by atoms with van der Waals surface area (Å²) in [5.41, 5.74) is 0.705. The van der Waals surface area contributed by atoms with Gasteiger partial charge in [-0.15, -0.1) is 5.10 Å². The molecule has 124 valence electrons. The Bertz CT molecular complexity index is 844. The van der Waals surface area contributed by atoms with Crippen LogP contribution in [-0.4, -0.2) is 37.6 Å². The third-order valence-corrected chi connectivity index (χ3v) is 3.19. The molecule has 0 fully saturated rings. The second kappa shape index (κ2) is 7.01. The van der Waals surface area contributed by atoms with E-state index in [4.69, 9.17) is 4.74 Å². The summed E-state index contributed by atoms with van der Waals surface area (Å²) in [5, 5.41) is 10.7. The van der Waals surface area contributed by atoms with Crippen molar-refractivity contribution in [3.05, 3.63) is 59.9 Å². The fourth-order valence-electron chi connectivity index (χ4n) is 2.08. The number of halogens is 1. The molecule has 1 N–H and O–H groups in total. The number of rotatable bonds is 6. The van der Waals surface area contributed by atoms with Crippen molar-refractivity contribution in [3.63, 3.8) is 0 Å². The highest BCUT2D eigenvalue weighted by molar-refractivity contribution is 6.01. The number of anilines is 1. The molecule has 0 saturated carbocycles. The van der Waals surface area contributed by atoms with Gasteiger partial charge in [0.2, 0.25) is 5.95 Å². The Morgan fingerprint density at radius 3 is 2.88 bits per heavy atom. The second-order valence-corrected chi connectivity index (χ2v) is 4.97. The largest absolute Gasteiger partial charge is 0.362 e.